The fraction of sp³-hybridized carbons (Fsp3) is 0.308. The number of aromatic nitrogens is 2. The summed E-state index contributed by atoms with van der Waals surface area (Å²) in [5.41, 5.74) is 2.32. The van der Waals surface area contributed by atoms with Gasteiger partial charge in [-0.05, 0) is 12.6 Å². The Morgan fingerprint density at radius 3 is 2.42 bits per heavy atom. The number of rotatable bonds is 5. The van der Waals surface area contributed by atoms with Crippen LogP contribution in [-0.2, 0) is 20.1 Å². The van der Waals surface area contributed by atoms with E-state index in [2.05, 4.69) is 10.00 Å². The third-order valence-corrected chi connectivity index (χ3v) is 2.81. The second kappa shape index (κ2) is 5.62. The first-order valence-electron chi connectivity index (χ1n) is 5.94. The molecule has 0 fully saturated rings. The van der Waals surface area contributed by atoms with Gasteiger partial charge in [0.2, 0.25) is 0 Å². The van der Waals surface area contributed by atoms with Gasteiger partial charge in [0.05, 0.1) is 11.1 Å². The summed E-state index contributed by atoms with van der Waals surface area (Å²) in [6.07, 6.45) is 3.82. The van der Waals surface area contributed by atoms with Gasteiger partial charge in [-0.15, -0.1) is 0 Å². The van der Waals surface area contributed by atoms with E-state index in [1.165, 1.54) is 12.1 Å². The standard InChI is InChI=1S/C13H16N4O2/c1-15(9-12-7-14-16(2)10-12)8-11-3-5-13(6-4-11)17(18)19/h3-7,10H,8-9H2,1-2H3. The van der Waals surface area contributed by atoms with Crippen molar-refractivity contribution < 1.29 is 4.92 Å². The molecule has 2 aromatic rings. The monoisotopic (exact) mass is 260 g/mol. The molecule has 0 amide bonds. The summed E-state index contributed by atoms with van der Waals surface area (Å²) in [4.78, 5) is 12.3. The van der Waals surface area contributed by atoms with E-state index in [9.17, 15) is 10.1 Å². The Labute approximate surface area is 111 Å². The van der Waals surface area contributed by atoms with Gasteiger partial charge in [0.25, 0.3) is 5.69 Å². The Morgan fingerprint density at radius 2 is 1.89 bits per heavy atom. The molecule has 0 saturated carbocycles. The van der Waals surface area contributed by atoms with E-state index in [1.54, 1.807) is 16.8 Å². The molecule has 0 radical (unpaired) electrons. The van der Waals surface area contributed by atoms with Crippen molar-refractivity contribution >= 4 is 5.69 Å². The van der Waals surface area contributed by atoms with Crippen molar-refractivity contribution in [3.8, 4) is 0 Å². The zero-order valence-corrected chi connectivity index (χ0v) is 11.0. The molecule has 0 aliphatic rings. The number of benzene rings is 1. The van der Waals surface area contributed by atoms with Crippen LogP contribution in [0.2, 0.25) is 0 Å². The van der Waals surface area contributed by atoms with Gasteiger partial charge in [-0.3, -0.25) is 19.7 Å². The Morgan fingerprint density at radius 1 is 1.26 bits per heavy atom. The van der Waals surface area contributed by atoms with Crippen LogP contribution >= 0.6 is 0 Å². The van der Waals surface area contributed by atoms with Gasteiger partial charge in [-0.1, -0.05) is 12.1 Å². The first-order valence-corrected chi connectivity index (χ1v) is 5.94. The summed E-state index contributed by atoms with van der Waals surface area (Å²) in [5.74, 6) is 0. The first-order chi connectivity index (χ1) is 9.04. The van der Waals surface area contributed by atoms with Gasteiger partial charge in [0.15, 0.2) is 0 Å². The quantitative estimate of drug-likeness (QED) is 0.609. The molecule has 1 aromatic heterocycles. The molecule has 0 saturated heterocycles. The van der Waals surface area contributed by atoms with Crippen molar-refractivity contribution in [2.24, 2.45) is 7.05 Å². The van der Waals surface area contributed by atoms with Crippen LogP contribution in [0.3, 0.4) is 0 Å². The summed E-state index contributed by atoms with van der Waals surface area (Å²) in [6, 6.07) is 6.65. The van der Waals surface area contributed by atoms with Gasteiger partial charge in [0.1, 0.15) is 0 Å². The molecular weight excluding hydrogens is 244 g/mol. The molecular formula is C13H16N4O2. The molecule has 0 unspecified atom stereocenters. The van der Waals surface area contributed by atoms with Crippen LogP contribution in [0.5, 0.6) is 0 Å². The number of nitro groups is 1. The Kier molecular flexibility index (Phi) is 3.91. The summed E-state index contributed by atoms with van der Waals surface area (Å²) < 4.78 is 1.77. The lowest BCUT2D eigenvalue weighted by atomic mass is 10.2. The van der Waals surface area contributed by atoms with Gasteiger partial charge in [-0.25, -0.2) is 0 Å². The van der Waals surface area contributed by atoms with E-state index in [-0.39, 0.29) is 10.6 Å². The van der Waals surface area contributed by atoms with Crippen LogP contribution in [0, 0.1) is 10.1 Å². The van der Waals surface area contributed by atoms with E-state index < -0.39 is 0 Å². The van der Waals surface area contributed by atoms with Gasteiger partial charge >= 0.3 is 0 Å². The van der Waals surface area contributed by atoms with E-state index >= 15 is 0 Å². The predicted molar refractivity (Wildman–Crippen MR) is 71.5 cm³/mol. The number of aryl methyl sites for hydroxylation is 1. The molecule has 19 heavy (non-hydrogen) atoms. The maximum atomic E-state index is 10.6. The third kappa shape index (κ3) is 3.62. The molecule has 0 aliphatic carbocycles. The van der Waals surface area contributed by atoms with E-state index in [4.69, 9.17) is 0 Å². The molecule has 0 bridgehead atoms. The normalized spacial score (nSPS) is 10.9. The van der Waals surface area contributed by atoms with E-state index in [0.29, 0.717) is 0 Å². The number of hydrogen-bond donors (Lipinski definition) is 0. The highest BCUT2D eigenvalue weighted by Gasteiger charge is 2.06. The lowest BCUT2D eigenvalue weighted by Gasteiger charge is -2.15. The minimum Gasteiger partial charge on any atom is -0.298 e. The lowest BCUT2D eigenvalue weighted by Crippen LogP contribution is -2.16. The number of hydrogen-bond acceptors (Lipinski definition) is 4. The zero-order valence-electron chi connectivity index (χ0n) is 11.0. The molecule has 1 heterocycles. The molecule has 100 valence electrons. The Hall–Kier alpha value is -2.21. The highest BCUT2D eigenvalue weighted by molar-refractivity contribution is 5.32. The first kappa shape index (κ1) is 13.2. The molecule has 0 aliphatic heterocycles. The SMILES string of the molecule is CN(Cc1ccc([N+](=O)[O-])cc1)Cc1cnn(C)c1. The van der Waals surface area contributed by atoms with Crippen molar-refractivity contribution in [3.63, 3.8) is 0 Å². The number of non-ortho nitro benzene ring substituents is 1. The van der Waals surface area contributed by atoms with Crippen molar-refractivity contribution in [2.45, 2.75) is 13.1 Å². The largest absolute Gasteiger partial charge is 0.298 e. The molecule has 0 spiro atoms. The zero-order chi connectivity index (χ0) is 13.8. The van der Waals surface area contributed by atoms with Crippen LogP contribution in [0.4, 0.5) is 5.69 Å². The van der Waals surface area contributed by atoms with Crippen LogP contribution in [0.1, 0.15) is 11.1 Å². The summed E-state index contributed by atoms with van der Waals surface area (Å²) in [6.45, 7) is 1.54. The highest BCUT2D eigenvalue weighted by Crippen LogP contribution is 2.13. The van der Waals surface area contributed by atoms with Gasteiger partial charge < -0.3 is 0 Å². The second-order valence-electron chi connectivity index (χ2n) is 4.62. The molecule has 0 atom stereocenters. The summed E-state index contributed by atoms with van der Waals surface area (Å²) in [7, 11) is 3.90. The minimum atomic E-state index is -0.386. The highest BCUT2D eigenvalue weighted by atomic mass is 16.6. The van der Waals surface area contributed by atoms with Gasteiger partial charge in [0, 0.05) is 44.0 Å². The lowest BCUT2D eigenvalue weighted by molar-refractivity contribution is -0.384. The summed E-state index contributed by atoms with van der Waals surface area (Å²) in [5, 5.41) is 14.7. The predicted octanol–water partition coefficient (Wildman–Crippen LogP) is 1.96. The summed E-state index contributed by atoms with van der Waals surface area (Å²) >= 11 is 0. The van der Waals surface area contributed by atoms with Crippen LogP contribution < -0.4 is 0 Å². The maximum absolute atomic E-state index is 10.6. The topological polar surface area (TPSA) is 64.2 Å². The van der Waals surface area contributed by atoms with Crippen molar-refractivity contribution in [2.75, 3.05) is 7.05 Å². The average molecular weight is 260 g/mol. The van der Waals surface area contributed by atoms with Gasteiger partial charge in [-0.2, -0.15) is 5.10 Å². The third-order valence-electron chi connectivity index (χ3n) is 2.81. The average Bonchev–Trinajstić information content (AvgIpc) is 2.75. The van der Waals surface area contributed by atoms with Crippen molar-refractivity contribution in [1.82, 2.24) is 14.7 Å². The molecule has 2 rings (SSSR count). The smallest absolute Gasteiger partial charge is 0.269 e. The second-order valence-corrected chi connectivity index (χ2v) is 4.62. The number of nitro benzene ring substituents is 1. The van der Waals surface area contributed by atoms with E-state index in [0.717, 1.165) is 24.2 Å². The molecule has 6 heteroatoms. The fourth-order valence-electron chi connectivity index (χ4n) is 1.96. The molecule has 1 aromatic carbocycles. The van der Waals surface area contributed by atoms with Crippen LogP contribution in [0.15, 0.2) is 36.7 Å². The van der Waals surface area contributed by atoms with Crippen LogP contribution in [0.25, 0.3) is 0 Å². The molecule has 0 N–H and O–H groups in total. The van der Waals surface area contributed by atoms with Crippen molar-refractivity contribution in [3.05, 3.63) is 57.9 Å². The van der Waals surface area contributed by atoms with Crippen molar-refractivity contribution in [1.29, 1.82) is 0 Å². The fourth-order valence-corrected chi connectivity index (χ4v) is 1.96. The van der Waals surface area contributed by atoms with Crippen LogP contribution in [-0.4, -0.2) is 26.7 Å². The minimum absolute atomic E-state index is 0.124. The maximum Gasteiger partial charge on any atom is 0.269 e. The van der Waals surface area contributed by atoms with E-state index in [1.807, 2.05) is 26.5 Å². The Bertz CT molecular complexity index is 562. The molecule has 6 nitrogen and oxygen atoms in total. The number of nitrogens with zero attached hydrogens (tertiary/aromatic N) is 4. The Balaban J connectivity index is 1.94.